The first-order chi connectivity index (χ1) is 10.3. The van der Waals surface area contributed by atoms with Gasteiger partial charge in [-0.1, -0.05) is 25.0 Å². The standard InChI is InChI=1S/C17H23N3O/c18-10-8-14-4-3-7-17(12-14)21-13-15-9-11-20(19-15)16-5-1-2-6-16/h3-4,7,9,11-12,16H,1-2,5-6,8,10,13,18H2. The molecule has 0 saturated heterocycles. The predicted octanol–water partition coefficient (Wildman–Crippen LogP) is 3.08. The van der Waals surface area contributed by atoms with Crippen molar-refractivity contribution < 1.29 is 4.74 Å². The first kappa shape index (κ1) is 14.1. The predicted molar refractivity (Wildman–Crippen MR) is 83.3 cm³/mol. The van der Waals surface area contributed by atoms with Gasteiger partial charge >= 0.3 is 0 Å². The summed E-state index contributed by atoms with van der Waals surface area (Å²) in [5, 5.41) is 4.64. The molecular weight excluding hydrogens is 262 g/mol. The molecule has 1 heterocycles. The summed E-state index contributed by atoms with van der Waals surface area (Å²) in [6, 6.07) is 10.8. The van der Waals surface area contributed by atoms with E-state index in [2.05, 4.69) is 34.2 Å². The molecule has 0 spiro atoms. The second-order valence-corrected chi connectivity index (χ2v) is 5.70. The van der Waals surface area contributed by atoms with E-state index in [9.17, 15) is 0 Å². The topological polar surface area (TPSA) is 53.1 Å². The summed E-state index contributed by atoms with van der Waals surface area (Å²) in [7, 11) is 0. The Balaban J connectivity index is 1.58. The Bertz CT molecular complexity index is 573. The maximum Gasteiger partial charge on any atom is 0.132 e. The Morgan fingerprint density at radius 2 is 2.10 bits per heavy atom. The van der Waals surface area contributed by atoms with Gasteiger partial charge in [-0.15, -0.1) is 0 Å². The summed E-state index contributed by atoms with van der Waals surface area (Å²) in [5.41, 5.74) is 7.79. The molecule has 4 nitrogen and oxygen atoms in total. The van der Waals surface area contributed by atoms with Gasteiger partial charge in [0.1, 0.15) is 12.4 Å². The minimum atomic E-state index is 0.520. The van der Waals surface area contributed by atoms with Gasteiger partial charge in [-0.25, -0.2) is 0 Å². The fourth-order valence-electron chi connectivity index (χ4n) is 2.94. The van der Waals surface area contributed by atoms with E-state index in [1.165, 1.54) is 31.2 Å². The van der Waals surface area contributed by atoms with Crippen molar-refractivity contribution in [2.45, 2.75) is 44.8 Å². The van der Waals surface area contributed by atoms with Crippen molar-refractivity contribution in [2.75, 3.05) is 6.54 Å². The number of hydrogen-bond donors (Lipinski definition) is 1. The second kappa shape index (κ2) is 6.76. The number of ether oxygens (including phenoxy) is 1. The molecule has 0 unspecified atom stereocenters. The lowest BCUT2D eigenvalue weighted by molar-refractivity contribution is 0.297. The molecule has 3 rings (SSSR count). The molecule has 0 aliphatic heterocycles. The van der Waals surface area contributed by atoms with Crippen LogP contribution in [0.25, 0.3) is 0 Å². The molecule has 1 aliphatic carbocycles. The highest BCUT2D eigenvalue weighted by atomic mass is 16.5. The number of nitrogens with two attached hydrogens (primary N) is 1. The Kier molecular flexibility index (Phi) is 4.55. The molecule has 0 radical (unpaired) electrons. The van der Waals surface area contributed by atoms with E-state index in [1.807, 2.05) is 12.1 Å². The number of aromatic nitrogens is 2. The fourth-order valence-corrected chi connectivity index (χ4v) is 2.94. The zero-order chi connectivity index (χ0) is 14.5. The molecule has 4 heteroatoms. The summed E-state index contributed by atoms with van der Waals surface area (Å²) in [5.74, 6) is 0.886. The maximum atomic E-state index is 5.84. The van der Waals surface area contributed by atoms with Crippen LogP contribution in [0.4, 0.5) is 0 Å². The molecule has 1 saturated carbocycles. The van der Waals surface area contributed by atoms with Gasteiger partial charge in [-0.3, -0.25) is 4.68 Å². The van der Waals surface area contributed by atoms with Crippen molar-refractivity contribution in [1.82, 2.24) is 9.78 Å². The average Bonchev–Trinajstić information content (AvgIpc) is 3.17. The minimum absolute atomic E-state index is 0.520. The van der Waals surface area contributed by atoms with E-state index in [-0.39, 0.29) is 0 Å². The maximum absolute atomic E-state index is 5.84. The van der Waals surface area contributed by atoms with Gasteiger partial charge in [0.05, 0.1) is 11.7 Å². The van der Waals surface area contributed by atoms with Gasteiger partial charge in [-0.2, -0.15) is 5.10 Å². The Labute approximate surface area is 125 Å². The quantitative estimate of drug-likeness (QED) is 0.887. The number of rotatable bonds is 6. The average molecular weight is 285 g/mol. The molecule has 1 aliphatic rings. The van der Waals surface area contributed by atoms with Gasteiger partial charge in [0, 0.05) is 6.20 Å². The molecule has 0 amide bonds. The summed E-state index contributed by atoms with van der Waals surface area (Å²) >= 11 is 0. The van der Waals surface area contributed by atoms with Crippen LogP contribution < -0.4 is 10.5 Å². The van der Waals surface area contributed by atoms with Crippen LogP contribution in [0, 0.1) is 0 Å². The van der Waals surface area contributed by atoms with Crippen molar-refractivity contribution in [1.29, 1.82) is 0 Å². The van der Waals surface area contributed by atoms with Crippen LogP contribution in [0.15, 0.2) is 36.5 Å². The van der Waals surface area contributed by atoms with Crippen LogP contribution in [0.2, 0.25) is 0 Å². The monoisotopic (exact) mass is 285 g/mol. The van der Waals surface area contributed by atoms with E-state index in [1.54, 1.807) is 0 Å². The molecule has 1 fully saturated rings. The third-order valence-electron chi connectivity index (χ3n) is 4.08. The van der Waals surface area contributed by atoms with Crippen LogP contribution >= 0.6 is 0 Å². The van der Waals surface area contributed by atoms with Crippen molar-refractivity contribution in [3.8, 4) is 5.75 Å². The SMILES string of the molecule is NCCc1cccc(OCc2ccn(C3CCCC3)n2)c1. The van der Waals surface area contributed by atoms with Gasteiger partial charge in [0.25, 0.3) is 0 Å². The van der Waals surface area contributed by atoms with Crippen molar-refractivity contribution in [2.24, 2.45) is 5.73 Å². The van der Waals surface area contributed by atoms with Crippen LogP contribution in [-0.2, 0) is 13.0 Å². The zero-order valence-corrected chi connectivity index (χ0v) is 12.4. The molecule has 112 valence electrons. The lowest BCUT2D eigenvalue weighted by atomic mass is 10.1. The normalized spacial score (nSPS) is 15.5. The number of hydrogen-bond acceptors (Lipinski definition) is 3. The van der Waals surface area contributed by atoms with Crippen molar-refractivity contribution >= 4 is 0 Å². The van der Waals surface area contributed by atoms with Gasteiger partial charge in [0.15, 0.2) is 0 Å². The van der Waals surface area contributed by atoms with Crippen LogP contribution in [0.3, 0.4) is 0 Å². The molecule has 1 aromatic heterocycles. The van der Waals surface area contributed by atoms with Gasteiger partial charge < -0.3 is 10.5 Å². The highest BCUT2D eigenvalue weighted by Crippen LogP contribution is 2.28. The van der Waals surface area contributed by atoms with E-state index >= 15 is 0 Å². The van der Waals surface area contributed by atoms with E-state index in [0.29, 0.717) is 19.2 Å². The summed E-state index contributed by atoms with van der Waals surface area (Å²) in [6.45, 7) is 1.18. The Morgan fingerprint density at radius 1 is 1.24 bits per heavy atom. The van der Waals surface area contributed by atoms with Crippen molar-refractivity contribution in [3.63, 3.8) is 0 Å². The van der Waals surface area contributed by atoms with Crippen LogP contribution in [0.1, 0.15) is 43.0 Å². The van der Waals surface area contributed by atoms with E-state index in [0.717, 1.165) is 17.9 Å². The summed E-state index contributed by atoms with van der Waals surface area (Å²) < 4.78 is 7.95. The van der Waals surface area contributed by atoms with Gasteiger partial charge in [-0.05, 0) is 49.6 Å². The Hall–Kier alpha value is -1.81. The molecule has 0 atom stereocenters. The van der Waals surface area contributed by atoms with Crippen LogP contribution in [-0.4, -0.2) is 16.3 Å². The molecule has 1 aromatic carbocycles. The number of nitrogens with zero attached hydrogens (tertiary/aromatic N) is 2. The van der Waals surface area contributed by atoms with E-state index in [4.69, 9.17) is 10.5 Å². The van der Waals surface area contributed by atoms with Crippen LogP contribution in [0.5, 0.6) is 5.75 Å². The minimum Gasteiger partial charge on any atom is -0.487 e. The lowest BCUT2D eigenvalue weighted by Gasteiger charge is -2.09. The van der Waals surface area contributed by atoms with E-state index < -0.39 is 0 Å². The molecule has 21 heavy (non-hydrogen) atoms. The largest absolute Gasteiger partial charge is 0.487 e. The summed E-state index contributed by atoms with van der Waals surface area (Å²) in [4.78, 5) is 0. The first-order valence-electron chi connectivity index (χ1n) is 7.81. The Morgan fingerprint density at radius 3 is 2.90 bits per heavy atom. The highest BCUT2D eigenvalue weighted by Gasteiger charge is 2.17. The first-order valence-corrected chi connectivity index (χ1v) is 7.81. The third-order valence-corrected chi connectivity index (χ3v) is 4.08. The second-order valence-electron chi connectivity index (χ2n) is 5.70. The molecule has 2 aromatic rings. The summed E-state index contributed by atoms with van der Waals surface area (Å²) in [6.07, 6.45) is 8.12. The molecular formula is C17H23N3O. The number of benzene rings is 1. The molecule has 0 bridgehead atoms. The third kappa shape index (κ3) is 3.64. The highest BCUT2D eigenvalue weighted by molar-refractivity contribution is 5.28. The molecule has 2 N–H and O–H groups in total. The lowest BCUT2D eigenvalue weighted by Crippen LogP contribution is -2.06. The van der Waals surface area contributed by atoms with Crippen molar-refractivity contribution in [3.05, 3.63) is 47.8 Å². The smallest absolute Gasteiger partial charge is 0.132 e. The zero-order valence-electron chi connectivity index (χ0n) is 12.4. The van der Waals surface area contributed by atoms with Gasteiger partial charge in [0.2, 0.25) is 0 Å². The fraction of sp³-hybridized carbons (Fsp3) is 0.471.